The Balaban J connectivity index is 1.49. The van der Waals surface area contributed by atoms with Crippen LogP contribution in [0.3, 0.4) is 0 Å². The molecule has 4 rings (SSSR count). The molecule has 8 heteroatoms. The number of fused-ring (bicyclic) bond motifs is 3. The molecule has 0 spiro atoms. The molecule has 0 saturated carbocycles. The quantitative estimate of drug-likeness (QED) is 0.604. The molecule has 2 aromatic rings. The van der Waals surface area contributed by atoms with E-state index in [1.165, 1.54) is 6.07 Å². The average Bonchev–Trinajstić information content (AvgIpc) is 3.27. The van der Waals surface area contributed by atoms with Crippen LogP contribution in [0.4, 0.5) is 10.5 Å². The number of furan rings is 1. The lowest BCUT2D eigenvalue weighted by molar-refractivity contribution is -0.384. The van der Waals surface area contributed by atoms with Crippen LogP contribution < -0.4 is 0 Å². The number of carbonyl (C=O) groups excluding carboxylic acids is 1. The third-order valence-corrected chi connectivity index (χ3v) is 5.18. The van der Waals surface area contributed by atoms with Gasteiger partial charge in [-0.2, -0.15) is 0 Å². The summed E-state index contributed by atoms with van der Waals surface area (Å²) in [6.07, 6.45) is 2.19. The maximum Gasteiger partial charge on any atom is 0.410 e. The zero-order chi connectivity index (χ0) is 19.3. The van der Waals surface area contributed by atoms with Gasteiger partial charge in [-0.15, -0.1) is 0 Å². The van der Waals surface area contributed by atoms with E-state index in [1.54, 1.807) is 18.4 Å². The molecule has 144 valence electrons. The van der Waals surface area contributed by atoms with Gasteiger partial charge in [-0.05, 0) is 33.3 Å². The number of carbonyl (C=O) groups is 1. The van der Waals surface area contributed by atoms with Crippen LogP contribution in [-0.4, -0.2) is 51.6 Å². The van der Waals surface area contributed by atoms with Gasteiger partial charge in [0.1, 0.15) is 11.2 Å². The number of rotatable bonds is 3. The zero-order valence-corrected chi connectivity index (χ0v) is 15.7. The maximum absolute atomic E-state index is 12.4. The fourth-order valence-corrected chi connectivity index (χ4v) is 4.07. The van der Waals surface area contributed by atoms with E-state index in [-0.39, 0.29) is 28.8 Å². The summed E-state index contributed by atoms with van der Waals surface area (Å²) in [6.45, 7) is 7.51. The highest BCUT2D eigenvalue weighted by atomic mass is 16.6. The molecule has 2 bridgehead atoms. The summed E-state index contributed by atoms with van der Waals surface area (Å²) < 4.78 is 11.1. The summed E-state index contributed by atoms with van der Waals surface area (Å²) in [5, 5.41) is 12.0. The van der Waals surface area contributed by atoms with Gasteiger partial charge in [-0.25, -0.2) is 4.79 Å². The standard InChI is InChI=1S/C19H23N3O5/c1-19(2,3)27-18(23)21-11-15-8-16(21)10-20(15)9-13-7-14(22(24)25)6-12-4-5-26-17(12)13/h4-7,15-16H,8-11H2,1-3H3/t15-,16-/m0/s1. The number of nitro groups is 1. The minimum atomic E-state index is -0.507. The summed E-state index contributed by atoms with van der Waals surface area (Å²) in [5.74, 6) is 0. The van der Waals surface area contributed by atoms with Gasteiger partial charge < -0.3 is 14.1 Å². The summed E-state index contributed by atoms with van der Waals surface area (Å²) in [6, 6.07) is 5.21. The van der Waals surface area contributed by atoms with Gasteiger partial charge in [0.05, 0.1) is 11.2 Å². The number of benzene rings is 1. The van der Waals surface area contributed by atoms with Gasteiger partial charge in [-0.1, -0.05) is 0 Å². The van der Waals surface area contributed by atoms with E-state index in [2.05, 4.69) is 4.90 Å². The van der Waals surface area contributed by atoms with Crippen molar-refractivity contribution < 1.29 is 18.9 Å². The van der Waals surface area contributed by atoms with Crippen LogP contribution in [0.2, 0.25) is 0 Å². The third kappa shape index (κ3) is 3.37. The van der Waals surface area contributed by atoms with Crippen LogP contribution in [0.15, 0.2) is 28.9 Å². The second kappa shape index (κ2) is 6.23. The van der Waals surface area contributed by atoms with E-state index >= 15 is 0 Å². The van der Waals surface area contributed by atoms with Crippen molar-refractivity contribution >= 4 is 22.7 Å². The number of piperazine rings is 1. The molecule has 1 amide bonds. The number of non-ortho nitro benzene ring substituents is 1. The molecule has 1 aromatic carbocycles. The molecular formula is C19H23N3O5. The molecule has 0 unspecified atom stereocenters. The van der Waals surface area contributed by atoms with Crippen molar-refractivity contribution in [1.82, 2.24) is 9.80 Å². The molecule has 0 N–H and O–H groups in total. The van der Waals surface area contributed by atoms with Gasteiger partial charge in [-0.3, -0.25) is 15.0 Å². The number of amides is 1. The van der Waals surface area contributed by atoms with Crippen molar-refractivity contribution in [2.24, 2.45) is 0 Å². The van der Waals surface area contributed by atoms with Crippen LogP contribution in [0.25, 0.3) is 11.0 Å². The Bertz CT molecular complexity index is 900. The second-order valence-electron chi connectivity index (χ2n) is 8.31. The van der Waals surface area contributed by atoms with Crippen LogP contribution in [-0.2, 0) is 11.3 Å². The highest BCUT2D eigenvalue weighted by Crippen LogP contribution is 2.35. The topological polar surface area (TPSA) is 89.1 Å². The molecule has 0 aliphatic carbocycles. The van der Waals surface area contributed by atoms with Crippen LogP contribution in [0.5, 0.6) is 0 Å². The lowest BCUT2D eigenvalue weighted by Gasteiger charge is -2.35. The van der Waals surface area contributed by atoms with Crippen molar-refractivity contribution in [3.8, 4) is 0 Å². The van der Waals surface area contributed by atoms with Crippen molar-refractivity contribution in [3.05, 3.63) is 40.1 Å². The summed E-state index contributed by atoms with van der Waals surface area (Å²) >= 11 is 0. The predicted octanol–water partition coefficient (Wildman–Crippen LogP) is 3.53. The van der Waals surface area contributed by atoms with Gasteiger partial charge in [0.25, 0.3) is 5.69 Å². The Labute approximate surface area is 156 Å². The van der Waals surface area contributed by atoms with Crippen LogP contribution in [0, 0.1) is 10.1 Å². The van der Waals surface area contributed by atoms with Crippen molar-refractivity contribution in [2.75, 3.05) is 13.1 Å². The first-order valence-electron chi connectivity index (χ1n) is 9.09. The average molecular weight is 373 g/mol. The summed E-state index contributed by atoms with van der Waals surface area (Å²) in [4.78, 5) is 27.3. The lowest BCUT2D eigenvalue weighted by atomic mass is 10.1. The molecular weight excluding hydrogens is 350 g/mol. The first kappa shape index (κ1) is 17.8. The second-order valence-corrected chi connectivity index (χ2v) is 8.31. The number of hydrogen-bond acceptors (Lipinski definition) is 6. The predicted molar refractivity (Wildman–Crippen MR) is 98.4 cm³/mol. The fraction of sp³-hybridized carbons (Fsp3) is 0.526. The minimum Gasteiger partial charge on any atom is -0.464 e. The van der Waals surface area contributed by atoms with E-state index in [4.69, 9.17) is 9.15 Å². The number of hydrogen-bond donors (Lipinski definition) is 0. The Morgan fingerprint density at radius 3 is 2.74 bits per heavy atom. The van der Waals surface area contributed by atoms with E-state index in [1.807, 2.05) is 25.7 Å². The van der Waals surface area contributed by atoms with Crippen LogP contribution >= 0.6 is 0 Å². The summed E-state index contributed by atoms with van der Waals surface area (Å²) in [5.41, 5.74) is 1.05. The minimum absolute atomic E-state index is 0.0682. The molecule has 1 aromatic heterocycles. The normalized spacial score (nSPS) is 22.6. The Morgan fingerprint density at radius 1 is 1.33 bits per heavy atom. The first-order valence-corrected chi connectivity index (χ1v) is 9.09. The number of likely N-dealkylation sites (tertiary alicyclic amines) is 2. The number of ether oxygens (including phenoxy) is 1. The third-order valence-electron chi connectivity index (χ3n) is 5.18. The highest BCUT2D eigenvalue weighted by molar-refractivity contribution is 5.83. The van der Waals surface area contributed by atoms with Crippen molar-refractivity contribution in [3.63, 3.8) is 0 Å². The van der Waals surface area contributed by atoms with E-state index in [9.17, 15) is 14.9 Å². The van der Waals surface area contributed by atoms with Crippen molar-refractivity contribution in [1.29, 1.82) is 0 Å². The molecule has 8 nitrogen and oxygen atoms in total. The van der Waals surface area contributed by atoms with Crippen LogP contribution in [0.1, 0.15) is 32.8 Å². The van der Waals surface area contributed by atoms with E-state index in [0.29, 0.717) is 18.7 Å². The monoisotopic (exact) mass is 373 g/mol. The molecule has 2 atom stereocenters. The molecule has 2 aliphatic heterocycles. The highest BCUT2D eigenvalue weighted by Gasteiger charge is 2.46. The zero-order valence-electron chi connectivity index (χ0n) is 15.7. The van der Waals surface area contributed by atoms with E-state index < -0.39 is 5.60 Å². The Morgan fingerprint density at radius 2 is 2.11 bits per heavy atom. The van der Waals surface area contributed by atoms with Gasteiger partial charge >= 0.3 is 6.09 Å². The lowest BCUT2D eigenvalue weighted by Crippen LogP contribution is -2.49. The molecule has 0 radical (unpaired) electrons. The molecule has 3 heterocycles. The maximum atomic E-state index is 12.4. The first-order chi connectivity index (χ1) is 12.7. The number of nitrogens with zero attached hydrogens (tertiary/aromatic N) is 3. The van der Waals surface area contributed by atoms with Gasteiger partial charge in [0, 0.05) is 54.8 Å². The van der Waals surface area contributed by atoms with E-state index in [0.717, 1.165) is 23.9 Å². The Kier molecular flexibility index (Phi) is 4.10. The smallest absolute Gasteiger partial charge is 0.410 e. The molecule has 2 saturated heterocycles. The Hall–Kier alpha value is -2.61. The SMILES string of the molecule is CC(C)(C)OC(=O)N1C[C@@H]2C[C@H]1CN2Cc1cc([N+](=O)[O-])cc2ccoc12. The van der Waals surface area contributed by atoms with Gasteiger partial charge in [0.15, 0.2) is 0 Å². The summed E-state index contributed by atoms with van der Waals surface area (Å²) in [7, 11) is 0. The molecule has 2 aliphatic rings. The number of nitro benzene ring substituents is 1. The molecule has 27 heavy (non-hydrogen) atoms. The largest absolute Gasteiger partial charge is 0.464 e. The molecule has 2 fully saturated rings. The van der Waals surface area contributed by atoms with Crippen molar-refractivity contribution in [2.45, 2.75) is 51.4 Å². The van der Waals surface area contributed by atoms with Gasteiger partial charge in [0.2, 0.25) is 0 Å². The fourth-order valence-electron chi connectivity index (χ4n) is 4.07.